The van der Waals surface area contributed by atoms with Gasteiger partial charge in [0, 0.05) is 6.61 Å². The maximum absolute atomic E-state index is 5.92. The average Bonchev–Trinajstić information content (AvgIpc) is 2.46. The van der Waals surface area contributed by atoms with Crippen LogP contribution >= 0.6 is 0 Å². The van der Waals surface area contributed by atoms with Gasteiger partial charge < -0.3 is 18.6 Å². The molecule has 0 aliphatic heterocycles. The molecular formula is C15H34O4Si. The van der Waals surface area contributed by atoms with Crippen LogP contribution in [-0.4, -0.2) is 42.4 Å². The van der Waals surface area contributed by atoms with Crippen LogP contribution in [0.15, 0.2) is 0 Å². The number of ether oxygens (including phenoxy) is 3. The first kappa shape index (κ1) is 20.1. The minimum absolute atomic E-state index is 0.208. The average molecular weight is 307 g/mol. The number of rotatable bonds is 14. The zero-order chi connectivity index (χ0) is 15.3. The van der Waals surface area contributed by atoms with Gasteiger partial charge >= 0.3 is 0 Å². The molecular weight excluding hydrogens is 272 g/mol. The minimum atomic E-state index is -1.01. The molecule has 0 N–H and O–H groups in total. The van der Waals surface area contributed by atoms with Crippen molar-refractivity contribution in [2.45, 2.75) is 78.3 Å². The second kappa shape index (κ2) is 12.8. The molecule has 0 saturated carbocycles. The Kier molecular flexibility index (Phi) is 12.8. The zero-order valence-electron chi connectivity index (χ0n) is 14.1. The summed E-state index contributed by atoms with van der Waals surface area (Å²) in [5.41, 5.74) is 0. The first-order chi connectivity index (χ1) is 9.66. The van der Waals surface area contributed by atoms with E-state index in [0.717, 1.165) is 45.1 Å². The molecule has 0 bridgehead atoms. The Bertz CT molecular complexity index is 204. The molecule has 122 valence electrons. The zero-order valence-corrected chi connectivity index (χ0v) is 16.1. The van der Waals surface area contributed by atoms with E-state index in [1.165, 1.54) is 0 Å². The van der Waals surface area contributed by atoms with Crippen LogP contribution in [0.25, 0.3) is 0 Å². The lowest BCUT2D eigenvalue weighted by Gasteiger charge is -2.37. The molecule has 0 fully saturated rings. The fraction of sp³-hybridized carbons (Fsp3) is 1.00. The topological polar surface area (TPSA) is 36.9 Å². The van der Waals surface area contributed by atoms with Crippen LogP contribution in [0.3, 0.4) is 0 Å². The summed E-state index contributed by atoms with van der Waals surface area (Å²) in [5.74, 6) is -1.01. The van der Waals surface area contributed by atoms with Gasteiger partial charge in [-0.3, -0.25) is 0 Å². The molecule has 0 amide bonds. The van der Waals surface area contributed by atoms with E-state index in [-0.39, 0.29) is 6.10 Å². The van der Waals surface area contributed by atoms with Crippen LogP contribution in [0.2, 0.25) is 0 Å². The third kappa shape index (κ3) is 7.74. The molecule has 4 nitrogen and oxygen atoms in total. The van der Waals surface area contributed by atoms with Crippen molar-refractivity contribution >= 4 is 10.5 Å². The van der Waals surface area contributed by atoms with E-state index >= 15 is 0 Å². The summed E-state index contributed by atoms with van der Waals surface area (Å²) in [7, 11) is 0.560. The van der Waals surface area contributed by atoms with Crippen LogP contribution in [-0.2, 0) is 18.6 Å². The van der Waals surface area contributed by atoms with Crippen molar-refractivity contribution in [3.05, 3.63) is 0 Å². The smallest absolute Gasteiger partial charge is 0.300 e. The van der Waals surface area contributed by atoms with Gasteiger partial charge in [-0.1, -0.05) is 40.0 Å². The maximum Gasteiger partial charge on any atom is 0.300 e. The Labute approximate surface area is 128 Å². The van der Waals surface area contributed by atoms with Gasteiger partial charge in [-0.05, 0) is 26.2 Å². The molecule has 1 unspecified atom stereocenters. The molecule has 0 spiro atoms. The monoisotopic (exact) mass is 306 g/mol. The van der Waals surface area contributed by atoms with E-state index in [2.05, 4.69) is 20.8 Å². The predicted octanol–water partition coefficient (Wildman–Crippen LogP) is 2.78. The second-order valence-corrected chi connectivity index (χ2v) is 5.49. The Balaban J connectivity index is 4.51. The van der Waals surface area contributed by atoms with Gasteiger partial charge in [-0.2, -0.15) is 0 Å². The van der Waals surface area contributed by atoms with Crippen molar-refractivity contribution in [2.24, 2.45) is 0 Å². The van der Waals surface area contributed by atoms with Gasteiger partial charge in [0.25, 0.3) is 5.97 Å². The highest BCUT2D eigenvalue weighted by atomic mass is 28.2. The van der Waals surface area contributed by atoms with E-state index in [9.17, 15) is 0 Å². The van der Waals surface area contributed by atoms with Crippen molar-refractivity contribution in [3.8, 4) is 0 Å². The van der Waals surface area contributed by atoms with Gasteiger partial charge in [-0.15, -0.1) is 0 Å². The Morgan fingerprint density at radius 2 is 1.30 bits per heavy atom. The normalized spacial score (nSPS) is 13.8. The van der Waals surface area contributed by atoms with E-state index in [0.29, 0.717) is 23.7 Å². The first-order valence-electron chi connectivity index (χ1n) is 8.11. The molecule has 5 heteroatoms. The molecule has 0 heterocycles. The van der Waals surface area contributed by atoms with Crippen molar-refractivity contribution in [2.75, 3.05) is 19.8 Å². The molecule has 0 rings (SSSR count). The lowest BCUT2D eigenvalue weighted by molar-refractivity contribution is -0.383. The van der Waals surface area contributed by atoms with Gasteiger partial charge in [-0.25, -0.2) is 0 Å². The Hall–Kier alpha value is 0.0569. The highest BCUT2D eigenvalue weighted by Gasteiger charge is 2.39. The van der Waals surface area contributed by atoms with Crippen molar-refractivity contribution in [1.82, 2.24) is 0 Å². The first-order valence-corrected chi connectivity index (χ1v) is 8.93. The summed E-state index contributed by atoms with van der Waals surface area (Å²) < 4.78 is 23.4. The molecule has 0 aromatic carbocycles. The van der Waals surface area contributed by atoms with Gasteiger partial charge in [0.2, 0.25) is 0 Å². The van der Waals surface area contributed by atoms with E-state index in [4.69, 9.17) is 18.6 Å². The minimum Gasteiger partial charge on any atom is -0.378 e. The molecule has 0 radical (unpaired) electrons. The van der Waals surface area contributed by atoms with E-state index < -0.39 is 5.97 Å². The molecule has 1 atom stereocenters. The summed E-state index contributed by atoms with van der Waals surface area (Å²) in [4.78, 5) is 0. The molecule has 20 heavy (non-hydrogen) atoms. The third-order valence-electron chi connectivity index (χ3n) is 3.25. The van der Waals surface area contributed by atoms with Crippen LogP contribution < -0.4 is 0 Å². The Morgan fingerprint density at radius 3 is 1.70 bits per heavy atom. The molecule has 0 saturated heterocycles. The largest absolute Gasteiger partial charge is 0.378 e. The predicted molar refractivity (Wildman–Crippen MR) is 85.8 cm³/mol. The fourth-order valence-electron chi connectivity index (χ4n) is 1.78. The Morgan fingerprint density at radius 1 is 0.850 bits per heavy atom. The second-order valence-electron chi connectivity index (χ2n) is 5.08. The number of hydrogen-bond donors (Lipinski definition) is 0. The summed E-state index contributed by atoms with van der Waals surface area (Å²) in [6.45, 7) is 10.4. The van der Waals surface area contributed by atoms with Gasteiger partial charge in [0.15, 0.2) is 10.5 Å². The lowest BCUT2D eigenvalue weighted by Crippen LogP contribution is -2.50. The third-order valence-corrected chi connectivity index (χ3v) is 3.82. The van der Waals surface area contributed by atoms with Crippen molar-refractivity contribution < 1.29 is 18.6 Å². The van der Waals surface area contributed by atoms with Gasteiger partial charge in [0.05, 0.1) is 13.2 Å². The summed E-state index contributed by atoms with van der Waals surface area (Å²) in [6.07, 6.45) is 6.16. The lowest BCUT2D eigenvalue weighted by atomic mass is 10.3. The molecule has 0 aliphatic carbocycles. The maximum atomic E-state index is 5.92. The quantitative estimate of drug-likeness (QED) is 0.281. The van der Waals surface area contributed by atoms with E-state index in [1.54, 1.807) is 0 Å². The van der Waals surface area contributed by atoms with Crippen LogP contribution in [0.4, 0.5) is 0 Å². The SMILES string of the molecule is CCCCOC(C)C(O[SiH3])(OCCCC)OCCCC. The number of hydrogen-bond acceptors (Lipinski definition) is 4. The molecule has 0 aromatic rings. The van der Waals surface area contributed by atoms with Crippen LogP contribution in [0.5, 0.6) is 0 Å². The summed E-state index contributed by atoms with van der Waals surface area (Å²) >= 11 is 0. The standard InChI is InChI=1S/C15H34O4Si/c1-5-8-11-16-14(4)15(19-20,17-12-9-6-2)18-13-10-7-3/h14H,5-13H2,1-4,20H3. The number of unbranched alkanes of at least 4 members (excludes halogenated alkanes) is 3. The highest BCUT2D eigenvalue weighted by molar-refractivity contribution is 5.98. The van der Waals surface area contributed by atoms with Crippen molar-refractivity contribution in [3.63, 3.8) is 0 Å². The molecule has 0 aliphatic rings. The van der Waals surface area contributed by atoms with E-state index in [1.807, 2.05) is 6.92 Å². The summed E-state index contributed by atoms with van der Waals surface area (Å²) in [5, 5.41) is 0. The highest BCUT2D eigenvalue weighted by Crippen LogP contribution is 2.23. The van der Waals surface area contributed by atoms with Gasteiger partial charge in [0.1, 0.15) is 6.10 Å². The summed E-state index contributed by atoms with van der Waals surface area (Å²) in [6, 6.07) is 0. The van der Waals surface area contributed by atoms with Crippen LogP contribution in [0.1, 0.15) is 66.2 Å². The molecule has 0 aromatic heterocycles. The fourth-order valence-corrected chi connectivity index (χ4v) is 2.35. The van der Waals surface area contributed by atoms with Crippen LogP contribution in [0, 0.1) is 0 Å². The van der Waals surface area contributed by atoms with Crippen molar-refractivity contribution in [1.29, 1.82) is 0 Å².